The molecule has 1 heterocycles. The molecule has 5 heteroatoms. The molecule has 0 amide bonds. The molecule has 2 rings (SSSR count). The summed E-state index contributed by atoms with van der Waals surface area (Å²) in [6.45, 7) is 2.90. The largest absolute Gasteiger partial charge is 0.271 e. The van der Waals surface area contributed by atoms with Gasteiger partial charge < -0.3 is 0 Å². The quantitative estimate of drug-likeness (QED) is 0.628. The first-order chi connectivity index (χ1) is 8.76. The molecule has 0 aliphatic heterocycles. The highest BCUT2D eigenvalue weighted by molar-refractivity contribution is 5.27. The summed E-state index contributed by atoms with van der Waals surface area (Å²) in [4.78, 5) is 0. The van der Waals surface area contributed by atoms with E-state index in [1.54, 1.807) is 12.3 Å². The average Bonchev–Trinajstić information content (AvgIpc) is 2.79. The van der Waals surface area contributed by atoms with Crippen molar-refractivity contribution in [2.24, 2.45) is 5.84 Å². The minimum Gasteiger partial charge on any atom is -0.271 e. The number of nitrogens with one attached hydrogen (secondary N) is 1. The molecule has 96 valence electrons. The summed E-state index contributed by atoms with van der Waals surface area (Å²) in [7, 11) is 0. The number of hydrogen-bond acceptors (Lipinski definition) is 3. The Morgan fingerprint density at radius 3 is 2.94 bits per heavy atom. The van der Waals surface area contributed by atoms with Crippen LogP contribution in [0.5, 0.6) is 0 Å². The second-order valence-corrected chi connectivity index (χ2v) is 4.13. The van der Waals surface area contributed by atoms with Crippen LogP contribution in [0.15, 0.2) is 36.5 Å². The zero-order chi connectivity index (χ0) is 13.0. The molecule has 1 atom stereocenters. The maximum Gasteiger partial charge on any atom is 0.123 e. The molecular formula is C13H17FN4. The van der Waals surface area contributed by atoms with Crippen molar-refractivity contribution in [3.05, 3.63) is 53.6 Å². The molecule has 0 saturated heterocycles. The van der Waals surface area contributed by atoms with Gasteiger partial charge in [0.15, 0.2) is 0 Å². The number of aryl methyl sites for hydroxylation is 1. The van der Waals surface area contributed by atoms with Gasteiger partial charge in [-0.25, -0.2) is 9.82 Å². The standard InChI is InChI=1S/C13H17FN4/c1-2-8-18-12(6-7-16-18)13(17-15)10-4-3-5-11(14)9-10/h3-7,9,13,17H,2,8,15H2,1H3. The highest BCUT2D eigenvalue weighted by Gasteiger charge is 2.17. The zero-order valence-electron chi connectivity index (χ0n) is 10.3. The molecule has 2 aromatic rings. The topological polar surface area (TPSA) is 55.9 Å². The summed E-state index contributed by atoms with van der Waals surface area (Å²) in [6, 6.07) is 8.06. The van der Waals surface area contributed by atoms with Gasteiger partial charge in [0.05, 0.1) is 11.7 Å². The van der Waals surface area contributed by atoms with Crippen molar-refractivity contribution in [1.29, 1.82) is 0 Å². The monoisotopic (exact) mass is 248 g/mol. The molecule has 0 radical (unpaired) electrons. The fourth-order valence-corrected chi connectivity index (χ4v) is 2.03. The van der Waals surface area contributed by atoms with E-state index in [0.29, 0.717) is 0 Å². The van der Waals surface area contributed by atoms with E-state index in [9.17, 15) is 4.39 Å². The molecule has 0 aliphatic rings. The minimum atomic E-state index is -0.269. The van der Waals surface area contributed by atoms with Crippen LogP contribution in [0.4, 0.5) is 4.39 Å². The van der Waals surface area contributed by atoms with Crippen LogP contribution in [-0.4, -0.2) is 9.78 Å². The Labute approximate surface area is 106 Å². The summed E-state index contributed by atoms with van der Waals surface area (Å²) < 4.78 is 15.1. The van der Waals surface area contributed by atoms with Gasteiger partial charge in [-0.2, -0.15) is 5.10 Å². The number of hydrogen-bond donors (Lipinski definition) is 2. The van der Waals surface area contributed by atoms with Crippen LogP contribution in [-0.2, 0) is 6.54 Å². The Balaban J connectivity index is 2.36. The Kier molecular flexibility index (Phi) is 4.07. The lowest BCUT2D eigenvalue weighted by Gasteiger charge is -2.18. The molecule has 3 N–H and O–H groups in total. The van der Waals surface area contributed by atoms with Crippen molar-refractivity contribution in [1.82, 2.24) is 15.2 Å². The van der Waals surface area contributed by atoms with E-state index < -0.39 is 0 Å². The van der Waals surface area contributed by atoms with E-state index in [-0.39, 0.29) is 11.9 Å². The number of rotatable bonds is 5. The number of nitrogens with zero attached hydrogens (tertiary/aromatic N) is 2. The lowest BCUT2D eigenvalue weighted by Crippen LogP contribution is -2.30. The minimum absolute atomic E-state index is 0.255. The SMILES string of the molecule is CCCn1nccc1C(NN)c1cccc(F)c1. The van der Waals surface area contributed by atoms with Crippen LogP contribution < -0.4 is 11.3 Å². The maximum absolute atomic E-state index is 13.3. The van der Waals surface area contributed by atoms with Gasteiger partial charge in [-0.3, -0.25) is 10.5 Å². The number of aromatic nitrogens is 2. The molecular weight excluding hydrogens is 231 g/mol. The van der Waals surface area contributed by atoms with Crippen molar-refractivity contribution < 1.29 is 4.39 Å². The van der Waals surface area contributed by atoms with Crippen LogP contribution in [0, 0.1) is 5.82 Å². The molecule has 0 spiro atoms. The first-order valence-corrected chi connectivity index (χ1v) is 5.99. The van der Waals surface area contributed by atoms with E-state index in [2.05, 4.69) is 17.4 Å². The normalized spacial score (nSPS) is 12.6. The molecule has 1 unspecified atom stereocenters. The Morgan fingerprint density at radius 1 is 1.44 bits per heavy atom. The maximum atomic E-state index is 13.3. The summed E-state index contributed by atoms with van der Waals surface area (Å²) in [5.74, 6) is 5.33. The summed E-state index contributed by atoms with van der Waals surface area (Å²) in [5, 5.41) is 4.25. The second kappa shape index (κ2) is 5.75. The predicted molar refractivity (Wildman–Crippen MR) is 68.1 cm³/mol. The van der Waals surface area contributed by atoms with Gasteiger partial charge in [-0.15, -0.1) is 0 Å². The molecule has 1 aromatic carbocycles. The van der Waals surface area contributed by atoms with Crippen molar-refractivity contribution in [2.75, 3.05) is 0 Å². The molecule has 4 nitrogen and oxygen atoms in total. The van der Waals surface area contributed by atoms with Gasteiger partial charge in [0, 0.05) is 12.7 Å². The lowest BCUT2D eigenvalue weighted by molar-refractivity contribution is 0.518. The first kappa shape index (κ1) is 12.7. The van der Waals surface area contributed by atoms with Crippen molar-refractivity contribution in [3.8, 4) is 0 Å². The lowest BCUT2D eigenvalue weighted by atomic mass is 10.0. The second-order valence-electron chi connectivity index (χ2n) is 4.13. The third-order valence-electron chi connectivity index (χ3n) is 2.83. The van der Waals surface area contributed by atoms with E-state index in [1.807, 2.05) is 16.8 Å². The number of nitrogens with two attached hydrogens (primary N) is 1. The van der Waals surface area contributed by atoms with Gasteiger partial charge in [-0.1, -0.05) is 19.1 Å². The molecule has 0 saturated carbocycles. The van der Waals surface area contributed by atoms with E-state index >= 15 is 0 Å². The zero-order valence-corrected chi connectivity index (χ0v) is 10.3. The molecule has 18 heavy (non-hydrogen) atoms. The van der Waals surface area contributed by atoms with Crippen LogP contribution in [0.25, 0.3) is 0 Å². The van der Waals surface area contributed by atoms with Crippen LogP contribution in [0.1, 0.15) is 30.6 Å². The average molecular weight is 248 g/mol. The third-order valence-corrected chi connectivity index (χ3v) is 2.83. The fourth-order valence-electron chi connectivity index (χ4n) is 2.03. The van der Waals surface area contributed by atoms with Gasteiger partial charge in [-0.05, 0) is 30.2 Å². The third kappa shape index (κ3) is 2.57. The first-order valence-electron chi connectivity index (χ1n) is 5.99. The smallest absolute Gasteiger partial charge is 0.123 e. The fraction of sp³-hybridized carbons (Fsp3) is 0.308. The van der Waals surface area contributed by atoms with Crippen LogP contribution >= 0.6 is 0 Å². The number of halogens is 1. The molecule has 1 aromatic heterocycles. The predicted octanol–water partition coefficient (Wildman–Crippen LogP) is 1.98. The van der Waals surface area contributed by atoms with Crippen molar-refractivity contribution >= 4 is 0 Å². The summed E-state index contributed by atoms with van der Waals surface area (Å²) >= 11 is 0. The van der Waals surface area contributed by atoms with Gasteiger partial charge in [0.2, 0.25) is 0 Å². The van der Waals surface area contributed by atoms with Crippen LogP contribution in [0.3, 0.4) is 0 Å². The van der Waals surface area contributed by atoms with E-state index in [0.717, 1.165) is 24.2 Å². The Bertz CT molecular complexity index is 509. The molecule has 0 bridgehead atoms. The molecule has 0 fully saturated rings. The van der Waals surface area contributed by atoms with Gasteiger partial charge in [0.1, 0.15) is 5.82 Å². The highest BCUT2D eigenvalue weighted by atomic mass is 19.1. The van der Waals surface area contributed by atoms with Gasteiger partial charge >= 0.3 is 0 Å². The highest BCUT2D eigenvalue weighted by Crippen LogP contribution is 2.21. The number of benzene rings is 1. The van der Waals surface area contributed by atoms with Crippen molar-refractivity contribution in [3.63, 3.8) is 0 Å². The Hall–Kier alpha value is -1.72. The van der Waals surface area contributed by atoms with E-state index in [4.69, 9.17) is 5.84 Å². The molecule has 0 aliphatic carbocycles. The number of hydrazine groups is 1. The van der Waals surface area contributed by atoms with Crippen LogP contribution in [0.2, 0.25) is 0 Å². The summed E-state index contributed by atoms with van der Waals surface area (Å²) in [5.41, 5.74) is 4.44. The Morgan fingerprint density at radius 2 is 2.28 bits per heavy atom. The van der Waals surface area contributed by atoms with Gasteiger partial charge in [0.25, 0.3) is 0 Å². The van der Waals surface area contributed by atoms with Crippen molar-refractivity contribution in [2.45, 2.75) is 25.9 Å². The van der Waals surface area contributed by atoms with E-state index in [1.165, 1.54) is 12.1 Å². The summed E-state index contributed by atoms with van der Waals surface area (Å²) in [6.07, 6.45) is 2.71.